The molecular weight excluding hydrogens is 492 g/mol. The molecule has 1 aliphatic rings. The molecule has 38 heavy (non-hydrogen) atoms. The lowest BCUT2D eigenvalue weighted by Gasteiger charge is -2.32. The zero-order valence-electron chi connectivity index (χ0n) is 20.1. The molecule has 0 spiro atoms. The Bertz CT molecular complexity index is 1680. The molecule has 0 saturated carbocycles. The number of nitrogens with zero attached hydrogens (tertiary/aromatic N) is 6. The van der Waals surface area contributed by atoms with E-state index in [0.717, 1.165) is 11.1 Å². The Kier molecular flexibility index (Phi) is 5.90. The number of pyridine rings is 1. The molecular formula is C25H22N8O5. The molecule has 0 unspecified atom stereocenters. The van der Waals surface area contributed by atoms with Crippen molar-refractivity contribution in [1.29, 1.82) is 0 Å². The third-order valence-electron chi connectivity index (χ3n) is 6.30. The normalized spacial score (nSPS) is 16.6. The summed E-state index contributed by atoms with van der Waals surface area (Å²) in [6, 6.07) is 10.4. The lowest BCUT2D eigenvalue weighted by molar-refractivity contribution is -0.143. The fourth-order valence-electron chi connectivity index (χ4n) is 4.35. The smallest absolute Gasteiger partial charge is 0.280 e. The number of hydrogen-bond donors (Lipinski definition) is 3. The number of aromatic amines is 2. The molecule has 1 aromatic carbocycles. The number of aliphatic hydroxyl groups is 1. The van der Waals surface area contributed by atoms with Gasteiger partial charge >= 0.3 is 0 Å². The molecule has 1 aliphatic heterocycles. The summed E-state index contributed by atoms with van der Waals surface area (Å²) in [5.41, 5.74) is 2.25. The number of amides is 1. The van der Waals surface area contributed by atoms with Crippen molar-refractivity contribution < 1.29 is 19.4 Å². The Morgan fingerprint density at radius 1 is 1.18 bits per heavy atom. The number of carbonyl (C=O) groups excluding carboxylic acids is 1. The predicted octanol–water partition coefficient (Wildman–Crippen LogP) is 1.37. The van der Waals surface area contributed by atoms with Gasteiger partial charge in [-0.1, -0.05) is 6.07 Å². The summed E-state index contributed by atoms with van der Waals surface area (Å²) >= 11 is 0. The second-order valence-corrected chi connectivity index (χ2v) is 8.58. The summed E-state index contributed by atoms with van der Waals surface area (Å²) in [7, 11) is 1.52. The number of hydrogen-bond acceptors (Lipinski definition) is 9. The maximum Gasteiger partial charge on any atom is 0.280 e. The van der Waals surface area contributed by atoms with Gasteiger partial charge in [-0.2, -0.15) is 10.1 Å². The average molecular weight is 515 g/mol. The van der Waals surface area contributed by atoms with Gasteiger partial charge in [-0.3, -0.25) is 19.6 Å². The molecule has 4 aromatic heterocycles. The highest BCUT2D eigenvalue weighted by atomic mass is 16.5. The van der Waals surface area contributed by atoms with E-state index in [1.807, 2.05) is 6.07 Å². The van der Waals surface area contributed by atoms with E-state index in [4.69, 9.17) is 9.47 Å². The van der Waals surface area contributed by atoms with Gasteiger partial charge in [0.05, 0.1) is 43.0 Å². The highest BCUT2D eigenvalue weighted by Crippen LogP contribution is 2.26. The highest BCUT2D eigenvalue weighted by molar-refractivity contribution is 5.97. The fraction of sp³-hybridized carbons (Fsp3) is 0.200. The van der Waals surface area contributed by atoms with E-state index in [9.17, 15) is 14.7 Å². The number of carbonyl (C=O) groups is 1. The van der Waals surface area contributed by atoms with Gasteiger partial charge in [-0.05, 0) is 23.8 Å². The first kappa shape index (κ1) is 23.5. The molecule has 1 amide bonds. The first-order valence-electron chi connectivity index (χ1n) is 11.7. The van der Waals surface area contributed by atoms with E-state index >= 15 is 0 Å². The maximum atomic E-state index is 13.3. The van der Waals surface area contributed by atoms with Crippen LogP contribution >= 0.6 is 0 Å². The SMILES string of the molecule is COc1cc(-n2ccc(N3CCO[C@H]([C@@H](O)c4nc(=O)c5cc(-c6cn[nH]c6)ccc5[nH]4)C3=O)n2)ccn1. The minimum Gasteiger partial charge on any atom is -0.481 e. The van der Waals surface area contributed by atoms with Crippen molar-refractivity contribution in [3.05, 3.63) is 77.4 Å². The number of anilines is 1. The minimum absolute atomic E-state index is 0.0619. The van der Waals surface area contributed by atoms with Crippen molar-refractivity contribution in [3.8, 4) is 22.7 Å². The fourth-order valence-corrected chi connectivity index (χ4v) is 4.35. The van der Waals surface area contributed by atoms with Crippen molar-refractivity contribution in [2.24, 2.45) is 0 Å². The van der Waals surface area contributed by atoms with Crippen LogP contribution in [0.5, 0.6) is 5.88 Å². The van der Waals surface area contributed by atoms with Crippen LogP contribution in [0.1, 0.15) is 11.9 Å². The summed E-state index contributed by atoms with van der Waals surface area (Å²) in [4.78, 5) is 38.7. The van der Waals surface area contributed by atoms with Crippen molar-refractivity contribution in [3.63, 3.8) is 0 Å². The van der Waals surface area contributed by atoms with Crippen molar-refractivity contribution in [2.45, 2.75) is 12.2 Å². The van der Waals surface area contributed by atoms with Gasteiger partial charge in [-0.25, -0.2) is 9.67 Å². The first-order valence-corrected chi connectivity index (χ1v) is 11.7. The van der Waals surface area contributed by atoms with Gasteiger partial charge in [0.25, 0.3) is 11.5 Å². The highest BCUT2D eigenvalue weighted by Gasteiger charge is 2.38. The Labute approximate surface area is 214 Å². The lowest BCUT2D eigenvalue weighted by atomic mass is 10.1. The van der Waals surface area contributed by atoms with Gasteiger partial charge in [-0.15, -0.1) is 5.10 Å². The van der Waals surface area contributed by atoms with Crippen LogP contribution in [0.2, 0.25) is 0 Å². The molecule has 1 fully saturated rings. The number of rotatable bonds is 6. The molecule has 6 rings (SSSR count). The number of methoxy groups -OCH3 is 1. The van der Waals surface area contributed by atoms with Crippen LogP contribution in [0.4, 0.5) is 5.82 Å². The Morgan fingerprint density at radius 2 is 2.08 bits per heavy atom. The summed E-state index contributed by atoms with van der Waals surface area (Å²) in [6.07, 6.45) is 3.89. The van der Waals surface area contributed by atoms with Gasteiger partial charge in [0.1, 0.15) is 11.9 Å². The zero-order chi connectivity index (χ0) is 26.2. The van der Waals surface area contributed by atoms with Crippen molar-refractivity contribution in [2.75, 3.05) is 25.2 Å². The van der Waals surface area contributed by atoms with Gasteiger partial charge in [0.2, 0.25) is 5.88 Å². The van der Waals surface area contributed by atoms with Crippen LogP contribution in [0.25, 0.3) is 27.7 Å². The summed E-state index contributed by atoms with van der Waals surface area (Å²) < 4.78 is 12.4. The number of aliphatic hydroxyl groups excluding tert-OH is 1. The molecule has 1 saturated heterocycles. The summed E-state index contributed by atoms with van der Waals surface area (Å²) in [5.74, 6) is 0.255. The number of ether oxygens (including phenoxy) is 2. The molecule has 192 valence electrons. The van der Waals surface area contributed by atoms with Crippen LogP contribution in [-0.2, 0) is 9.53 Å². The van der Waals surface area contributed by atoms with E-state index in [1.165, 1.54) is 12.0 Å². The molecule has 13 nitrogen and oxygen atoms in total. The molecule has 0 aliphatic carbocycles. The van der Waals surface area contributed by atoms with Crippen LogP contribution in [0.3, 0.4) is 0 Å². The van der Waals surface area contributed by atoms with E-state index < -0.39 is 23.7 Å². The number of aromatic nitrogens is 7. The monoisotopic (exact) mass is 514 g/mol. The Hall–Kier alpha value is -4.88. The Morgan fingerprint density at radius 3 is 2.89 bits per heavy atom. The minimum atomic E-state index is -1.50. The van der Waals surface area contributed by atoms with E-state index in [2.05, 4.69) is 30.2 Å². The van der Waals surface area contributed by atoms with E-state index in [0.29, 0.717) is 28.3 Å². The second kappa shape index (κ2) is 9.53. The third kappa shape index (κ3) is 4.19. The molecule has 2 atom stereocenters. The molecule has 3 N–H and O–H groups in total. The van der Waals surface area contributed by atoms with Crippen molar-refractivity contribution >= 4 is 22.6 Å². The molecule has 0 bridgehead atoms. The number of H-pyrrole nitrogens is 2. The van der Waals surface area contributed by atoms with E-state index in [1.54, 1.807) is 59.8 Å². The number of benzene rings is 1. The van der Waals surface area contributed by atoms with Crippen LogP contribution in [0.15, 0.2) is 66.0 Å². The number of fused-ring (bicyclic) bond motifs is 1. The van der Waals surface area contributed by atoms with Crippen LogP contribution in [-0.4, -0.2) is 72.3 Å². The number of morpholine rings is 1. The lowest BCUT2D eigenvalue weighted by Crippen LogP contribution is -2.50. The topological polar surface area (TPSA) is 164 Å². The van der Waals surface area contributed by atoms with Gasteiger partial charge in [0, 0.05) is 36.3 Å². The quantitative estimate of drug-likeness (QED) is 0.303. The first-order chi connectivity index (χ1) is 18.5. The van der Waals surface area contributed by atoms with E-state index in [-0.39, 0.29) is 19.0 Å². The molecule has 13 heteroatoms. The second-order valence-electron chi connectivity index (χ2n) is 8.58. The third-order valence-corrected chi connectivity index (χ3v) is 6.30. The average Bonchev–Trinajstić information content (AvgIpc) is 3.66. The largest absolute Gasteiger partial charge is 0.481 e. The zero-order valence-corrected chi connectivity index (χ0v) is 20.1. The molecule has 5 aromatic rings. The van der Waals surface area contributed by atoms with Gasteiger partial charge < -0.3 is 19.6 Å². The summed E-state index contributed by atoms with van der Waals surface area (Å²) in [5, 5.41) is 22.6. The van der Waals surface area contributed by atoms with Gasteiger partial charge in [0.15, 0.2) is 11.9 Å². The predicted molar refractivity (Wildman–Crippen MR) is 135 cm³/mol. The van der Waals surface area contributed by atoms with Crippen LogP contribution < -0.4 is 15.2 Å². The number of nitrogens with one attached hydrogen (secondary N) is 2. The summed E-state index contributed by atoms with van der Waals surface area (Å²) in [6.45, 7) is 0.409. The molecule has 5 heterocycles. The van der Waals surface area contributed by atoms with Crippen molar-refractivity contribution in [1.82, 2.24) is 34.9 Å². The standard InChI is InChI=1S/C25H22N8O5/c1-37-20-11-16(4-6-26-20)33-7-5-19(31-33)32-8-9-38-22(25(32)36)21(34)23-29-18-3-2-14(15-12-27-28-13-15)10-17(18)24(35)30-23/h2-7,10-13,21-22,34H,8-9H2,1H3,(H,27,28)(H,29,30,35)/t21-,22-/m1/s1. The van der Waals surface area contributed by atoms with Crippen LogP contribution in [0, 0.1) is 0 Å². The maximum absolute atomic E-state index is 13.3. The molecule has 0 radical (unpaired) electrons. The Balaban J connectivity index is 1.25.